The topological polar surface area (TPSA) is 0 Å². The third-order valence-corrected chi connectivity index (χ3v) is 3.81. The van der Waals surface area contributed by atoms with E-state index in [1.165, 1.54) is 24.3 Å². The molecule has 0 atom stereocenters. The van der Waals surface area contributed by atoms with Crippen molar-refractivity contribution in [2.75, 3.05) is 5.33 Å². The van der Waals surface area contributed by atoms with Crippen molar-refractivity contribution in [3.8, 4) is 0 Å². The Balaban J connectivity index is 2.29. The third kappa shape index (κ3) is 4.78. The zero-order valence-electron chi connectivity index (χ0n) is 11.7. The van der Waals surface area contributed by atoms with Crippen molar-refractivity contribution >= 4 is 21.5 Å². The second-order valence-corrected chi connectivity index (χ2v) is 5.61. The molecule has 0 bridgehead atoms. The lowest BCUT2D eigenvalue weighted by molar-refractivity contribution is 0.627. The van der Waals surface area contributed by atoms with Crippen LogP contribution in [-0.4, -0.2) is 5.33 Å². The fourth-order valence-corrected chi connectivity index (χ4v) is 2.54. The van der Waals surface area contributed by atoms with Gasteiger partial charge < -0.3 is 0 Å². The summed E-state index contributed by atoms with van der Waals surface area (Å²) in [5, 5.41) is 0.989. The number of benzene rings is 2. The molecule has 2 aromatic carbocycles. The van der Waals surface area contributed by atoms with Crippen LogP contribution in [0, 0.1) is 11.6 Å². The first-order valence-electron chi connectivity index (χ1n) is 6.98. The Hall–Kier alpha value is -1.48. The van der Waals surface area contributed by atoms with Gasteiger partial charge in [0, 0.05) is 5.33 Å². The maximum absolute atomic E-state index is 13.1. The summed E-state index contributed by atoms with van der Waals surface area (Å²) in [4.78, 5) is 0. The zero-order valence-corrected chi connectivity index (χ0v) is 13.2. The summed E-state index contributed by atoms with van der Waals surface area (Å²) in [6.07, 6.45) is 5.27. The van der Waals surface area contributed by atoms with E-state index in [1.54, 1.807) is 24.3 Å². The molecule has 0 saturated heterocycles. The molecule has 0 unspecified atom stereocenters. The Bertz CT molecular complexity index is 538. The van der Waals surface area contributed by atoms with E-state index < -0.39 is 0 Å². The number of unbranched alkanes of at least 4 members (excludes halogenated alkanes) is 2. The molecule has 0 nitrogen and oxygen atoms in total. The maximum Gasteiger partial charge on any atom is 0.123 e. The minimum Gasteiger partial charge on any atom is -0.207 e. The van der Waals surface area contributed by atoms with Crippen molar-refractivity contribution in [2.24, 2.45) is 0 Å². The van der Waals surface area contributed by atoms with Crippen LogP contribution >= 0.6 is 15.9 Å². The number of halogens is 3. The van der Waals surface area contributed by atoms with Crippen molar-refractivity contribution in [1.82, 2.24) is 0 Å². The lowest BCUT2D eigenvalue weighted by Crippen LogP contribution is -1.90. The Labute approximate surface area is 132 Å². The standard InChI is InChI=1S/C18H17BrF2/c19-13-3-1-2-4-18(14-5-9-16(20)10-6-14)15-7-11-17(21)12-8-15/h4-12H,1-3,13H2. The molecule has 0 radical (unpaired) electrons. The largest absolute Gasteiger partial charge is 0.207 e. The summed E-state index contributed by atoms with van der Waals surface area (Å²) >= 11 is 3.42. The number of rotatable bonds is 6. The summed E-state index contributed by atoms with van der Waals surface area (Å²) in [6.45, 7) is 0. The van der Waals surface area contributed by atoms with Gasteiger partial charge in [0.05, 0.1) is 0 Å². The smallest absolute Gasteiger partial charge is 0.123 e. The van der Waals surface area contributed by atoms with Gasteiger partial charge in [-0.2, -0.15) is 0 Å². The fourth-order valence-electron chi connectivity index (χ4n) is 2.15. The second-order valence-electron chi connectivity index (χ2n) is 4.82. The molecule has 0 aliphatic carbocycles. The molecule has 0 heterocycles. The summed E-state index contributed by atoms with van der Waals surface area (Å²) in [5.41, 5.74) is 2.91. The summed E-state index contributed by atoms with van der Waals surface area (Å²) < 4.78 is 26.2. The van der Waals surface area contributed by atoms with Crippen LogP contribution in [0.2, 0.25) is 0 Å². The molecule has 0 aromatic heterocycles. The molecule has 21 heavy (non-hydrogen) atoms. The predicted octanol–water partition coefficient (Wildman–Crippen LogP) is 5.96. The number of alkyl halides is 1. The van der Waals surface area contributed by atoms with Gasteiger partial charge in [-0.05, 0) is 60.2 Å². The van der Waals surface area contributed by atoms with Gasteiger partial charge in [0.15, 0.2) is 0 Å². The quantitative estimate of drug-likeness (QED) is 0.445. The van der Waals surface area contributed by atoms with Crippen LogP contribution in [0.4, 0.5) is 8.78 Å². The van der Waals surface area contributed by atoms with Gasteiger partial charge in [-0.1, -0.05) is 46.3 Å². The van der Waals surface area contributed by atoms with Gasteiger partial charge in [-0.3, -0.25) is 0 Å². The first-order valence-corrected chi connectivity index (χ1v) is 8.11. The molecule has 0 aliphatic rings. The molecular weight excluding hydrogens is 334 g/mol. The van der Waals surface area contributed by atoms with Crippen molar-refractivity contribution in [3.63, 3.8) is 0 Å². The lowest BCUT2D eigenvalue weighted by Gasteiger charge is -2.09. The van der Waals surface area contributed by atoms with Crippen molar-refractivity contribution in [3.05, 3.63) is 77.4 Å². The van der Waals surface area contributed by atoms with Crippen molar-refractivity contribution < 1.29 is 8.78 Å². The Morgan fingerprint density at radius 3 is 1.71 bits per heavy atom. The average molecular weight is 351 g/mol. The number of allylic oxidation sites excluding steroid dienone is 1. The highest BCUT2D eigenvalue weighted by molar-refractivity contribution is 9.09. The molecule has 0 aliphatic heterocycles. The van der Waals surface area contributed by atoms with Crippen molar-refractivity contribution in [1.29, 1.82) is 0 Å². The zero-order chi connectivity index (χ0) is 15.1. The second kappa shape index (κ2) is 8.08. The summed E-state index contributed by atoms with van der Waals surface area (Å²) in [5.74, 6) is -0.506. The Morgan fingerprint density at radius 2 is 1.29 bits per heavy atom. The van der Waals surface area contributed by atoms with Crippen molar-refractivity contribution in [2.45, 2.75) is 19.3 Å². The van der Waals surface area contributed by atoms with E-state index in [4.69, 9.17) is 0 Å². The van der Waals surface area contributed by atoms with Crippen LogP contribution in [0.15, 0.2) is 54.6 Å². The van der Waals surface area contributed by atoms with Gasteiger partial charge in [-0.25, -0.2) is 8.78 Å². The molecule has 2 rings (SSSR count). The summed E-state index contributed by atoms with van der Waals surface area (Å²) in [6, 6.07) is 12.8. The van der Waals surface area contributed by atoms with Crippen LogP contribution in [0.25, 0.3) is 5.57 Å². The minimum atomic E-state index is -0.253. The molecule has 110 valence electrons. The van der Waals surface area contributed by atoms with E-state index in [1.807, 2.05) is 0 Å². The number of hydrogen-bond acceptors (Lipinski definition) is 0. The highest BCUT2D eigenvalue weighted by Gasteiger charge is 2.05. The first kappa shape index (κ1) is 15.9. The van der Waals surface area contributed by atoms with Crippen LogP contribution in [-0.2, 0) is 0 Å². The predicted molar refractivity (Wildman–Crippen MR) is 87.5 cm³/mol. The van der Waals surface area contributed by atoms with Gasteiger partial charge in [0.25, 0.3) is 0 Å². The van der Waals surface area contributed by atoms with E-state index >= 15 is 0 Å². The van der Waals surface area contributed by atoms with Crippen LogP contribution in [0.1, 0.15) is 30.4 Å². The molecule has 0 amide bonds. The molecule has 2 aromatic rings. The van der Waals surface area contributed by atoms with Gasteiger partial charge >= 0.3 is 0 Å². The van der Waals surface area contributed by atoms with Gasteiger partial charge in [0.1, 0.15) is 11.6 Å². The van der Waals surface area contributed by atoms with Crippen LogP contribution < -0.4 is 0 Å². The molecule has 0 spiro atoms. The van der Waals surface area contributed by atoms with Gasteiger partial charge in [-0.15, -0.1) is 0 Å². The highest BCUT2D eigenvalue weighted by Crippen LogP contribution is 2.25. The SMILES string of the molecule is Fc1ccc(C(=CCCCCBr)c2ccc(F)cc2)cc1. The van der Waals surface area contributed by atoms with Crippen LogP contribution in [0.5, 0.6) is 0 Å². The van der Waals surface area contributed by atoms with Gasteiger partial charge in [0.2, 0.25) is 0 Å². The van der Waals surface area contributed by atoms with Crippen LogP contribution in [0.3, 0.4) is 0 Å². The molecule has 0 fully saturated rings. The van der Waals surface area contributed by atoms with E-state index in [0.29, 0.717) is 0 Å². The molecule has 0 N–H and O–H groups in total. The molecular formula is C18H17BrF2. The average Bonchev–Trinajstić information content (AvgIpc) is 2.50. The van der Waals surface area contributed by atoms with E-state index in [9.17, 15) is 8.78 Å². The third-order valence-electron chi connectivity index (χ3n) is 3.25. The van der Waals surface area contributed by atoms with E-state index in [-0.39, 0.29) is 11.6 Å². The number of hydrogen-bond donors (Lipinski definition) is 0. The Kier molecular flexibility index (Phi) is 6.12. The highest BCUT2D eigenvalue weighted by atomic mass is 79.9. The van der Waals surface area contributed by atoms with E-state index in [0.717, 1.165) is 41.3 Å². The molecule has 3 heteroatoms. The van der Waals surface area contributed by atoms with E-state index in [2.05, 4.69) is 22.0 Å². The monoisotopic (exact) mass is 350 g/mol. The minimum absolute atomic E-state index is 0.253. The maximum atomic E-state index is 13.1. The normalized spacial score (nSPS) is 10.4. The fraction of sp³-hybridized carbons (Fsp3) is 0.222. The summed E-state index contributed by atoms with van der Waals surface area (Å²) in [7, 11) is 0. The lowest BCUT2D eigenvalue weighted by atomic mass is 9.96. The first-order chi connectivity index (χ1) is 10.2. The Morgan fingerprint density at radius 1 is 0.810 bits per heavy atom. The molecule has 0 saturated carbocycles.